The summed E-state index contributed by atoms with van der Waals surface area (Å²) in [7, 11) is 1.76. The molecule has 2 N–H and O–H groups in total. The maximum Gasteiger partial charge on any atom is 0.238 e. The van der Waals surface area contributed by atoms with Crippen LogP contribution < -0.4 is 10.6 Å². The molecule has 0 saturated carbocycles. The van der Waals surface area contributed by atoms with Gasteiger partial charge in [0.2, 0.25) is 11.8 Å². The summed E-state index contributed by atoms with van der Waals surface area (Å²) in [6.07, 6.45) is 0.847. The van der Waals surface area contributed by atoms with Gasteiger partial charge in [0.25, 0.3) is 0 Å². The number of rotatable bonds is 9. The first kappa shape index (κ1) is 22.9. The van der Waals surface area contributed by atoms with Crippen LogP contribution in [0.4, 0.5) is 11.4 Å². The van der Waals surface area contributed by atoms with Crippen molar-refractivity contribution in [2.45, 2.75) is 19.9 Å². The molecular weight excluding hydrogens is 392 g/mol. The summed E-state index contributed by atoms with van der Waals surface area (Å²) in [6, 6.07) is 15.7. The van der Waals surface area contributed by atoms with Crippen LogP contribution in [-0.2, 0) is 27.3 Å². The van der Waals surface area contributed by atoms with E-state index in [0.717, 1.165) is 56.2 Å². The van der Waals surface area contributed by atoms with Crippen molar-refractivity contribution in [2.75, 3.05) is 57.1 Å². The van der Waals surface area contributed by atoms with Crippen molar-refractivity contribution in [1.29, 1.82) is 0 Å². The highest BCUT2D eigenvalue weighted by atomic mass is 16.5. The summed E-state index contributed by atoms with van der Waals surface area (Å²) in [5.41, 5.74) is 3.88. The van der Waals surface area contributed by atoms with Gasteiger partial charge in [-0.3, -0.25) is 19.4 Å². The van der Waals surface area contributed by atoms with Crippen LogP contribution in [-0.4, -0.2) is 68.1 Å². The minimum atomic E-state index is -0.148. The first-order chi connectivity index (χ1) is 15.0. The molecular formula is C24H32N4O3. The summed E-state index contributed by atoms with van der Waals surface area (Å²) in [6.45, 7) is 6.68. The van der Waals surface area contributed by atoms with Gasteiger partial charge in [0.1, 0.15) is 0 Å². The summed E-state index contributed by atoms with van der Waals surface area (Å²) in [5, 5.41) is 5.83. The Hall–Kier alpha value is -2.74. The Morgan fingerprint density at radius 1 is 0.968 bits per heavy atom. The Balaban J connectivity index is 1.42. The third-order valence-electron chi connectivity index (χ3n) is 5.25. The lowest BCUT2D eigenvalue weighted by Crippen LogP contribution is -2.36. The molecule has 0 atom stereocenters. The molecule has 1 aliphatic rings. The fourth-order valence-corrected chi connectivity index (χ4v) is 3.60. The van der Waals surface area contributed by atoms with E-state index in [1.165, 1.54) is 5.56 Å². The van der Waals surface area contributed by atoms with Crippen LogP contribution >= 0.6 is 0 Å². The Bertz CT molecular complexity index is 863. The van der Waals surface area contributed by atoms with Crippen molar-refractivity contribution in [3.8, 4) is 0 Å². The van der Waals surface area contributed by atoms with E-state index < -0.39 is 0 Å². The zero-order valence-electron chi connectivity index (χ0n) is 18.4. The van der Waals surface area contributed by atoms with Gasteiger partial charge in [-0.25, -0.2) is 0 Å². The molecule has 1 aliphatic heterocycles. The topological polar surface area (TPSA) is 73.9 Å². The Kier molecular flexibility index (Phi) is 8.58. The molecule has 0 aliphatic carbocycles. The summed E-state index contributed by atoms with van der Waals surface area (Å²) in [5.74, 6) is -0.283. The minimum Gasteiger partial charge on any atom is -0.379 e. The number of likely N-dealkylation sites (N-methyl/N-ethyl adjacent to an activating group) is 1. The van der Waals surface area contributed by atoms with Crippen molar-refractivity contribution in [3.63, 3.8) is 0 Å². The number of hydrogen-bond acceptors (Lipinski definition) is 5. The monoisotopic (exact) mass is 424 g/mol. The number of anilines is 2. The number of amides is 2. The first-order valence-corrected chi connectivity index (χ1v) is 10.8. The van der Waals surface area contributed by atoms with Gasteiger partial charge in [-0.15, -0.1) is 0 Å². The molecule has 1 heterocycles. The number of morpholine rings is 1. The lowest BCUT2D eigenvalue weighted by atomic mass is 10.1. The van der Waals surface area contributed by atoms with E-state index >= 15 is 0 Å². The number of hydrogen-bond donors (Lipinski definition) is 2. The Morgan fingerprint density at radius 3 is 2.29 bits per heavy atom. The fraction of sp³-hybridized carbons (Fsp3) is 0.417. The molecule has 0 bridgehead atoms. The fourth-order valence-electron chi connectivity index (χ4n) is 3.60. The number of nitrogens with one attached hydrogen (secondary N) is 2. The van der Waals surface area contributed by atoms with Gasteiger partial charge in [-0.05, 0) is 42.8 Å². The van der Waals surface area contributed by atoms with E-state index in [-0.39, 0.29) is 24.9 Å². The molecule has 7 nitrogen and oxygen atoms in total. The second-order valence-electron chi connectivity index (χ2n) is 7.86. The molecule has 1 saturated heterocycles. The van der Waals surface area contributed by atoms with Gasteiger partial charge in [0, 0.05) is 31.0 Å². The van der Waals surface area contributed by atoms with Gasteiger partial charge in [0.15, 0.2) is 0 Å². The smallest absolute Gasteiger partial charge is 0.238 e. The second-order valence-corrected chi connectivity index (χ2v) is 7.86. The quantitative estimate of drug-likeness (QED) is 0.647. The zero-order chi connectivity index (χ0) is 22.1. The summed E-state index contributed by atoms with van der Waals surface area (Å²) in [4.78, 5) is 28.8. The molecule has 1 fully saturated rings. The number of nitrogens with zero attached hydrogens (tertiary/aromatic N) is 2. The SMILES string of the molecule is CCc1ccccc1NC(=O)CN(C)CC(=O)Nc1ccc(CN2CCOCC2)cc1. The van der Waals surface area contributed by atoms with Crippen LogP contribution in [0.3, 0.4) is 0 Å². The number of carbonyl (C=O) groups is 2. The van der Waals surface area contributed by atoms with Gasteiger partial charge in [-0.2, -0.15) is 0 Å². The molecule has 2 aromatic carbocycles. The normalized spacial score (nSPS) is 14.4. The lowest BCUT2D eigenvalue weighted by Gasteiger charge is -2.26. The molecule has 7 heteroatoms. The zero-order valence-corrected chi connectivity index (χ0v) is 18.4. The van der Waals surface area contributed by atoms with E-state index in [1.807, 2.05) is 48.5 Å². The summed E-state index contributed by atoms with van der Waals surface area (Å²) < 4.78 is 5.38. The van der Waals surface area contributed by atoms with Gasteiger partial charge in [0.05, 0.1) is 26.3 Å². The van der Waals surface area contributed by atoms with Crippen LogP contribution in [0.25, 0.3) is 0 Å². The first-order valence-electron chi connectivity index (χ1n) is 10.8. The van der Waals surface area contributed by atoms with Crippen molar-refractivity contribution >= 4 is 23.2 Å². The number of carbonyl (C=O) groups excluding carboxylic acids is 2. The van der Waals surface area contributed by atoms with Crippen LogP contribution in [0.5, 0.6) is 0 Å². The Morgan fingerprint density at radius 2 is 1.61 bits per heavy atom. The minimum absolute atomic E-state index is 0.135. The third-order valence-corrected chi connectivity index (χ3v) is 5.25. The highest BCUT2D eigenvalue weighted by molar-refractivity contribution is 5.95. The van der Waals surface area contributed by atoms with E-state index in [0.29, 0.717) is 0 Å². The molecule has 0 spiro atoms. The largest absolute Gasteiger partial charge is 0.379 e. The van der Waals surface area contributed by atoms with Gasteiger partial charge in [-0.1, -0.05) is 37.3 Å². The molecule has 2 amide bonds. The molecule has 0 aromatic heterocycles. The highest BCUT2D eigenvalue weighted by Crippen LogP contribution is 2.15. The Labute approximate surface area is 184 Å². The van der Waals surface area contributed by atoms with Crippen LogP contribution in [0.2, 0.25) is 0 Å². The standard InChI is InChI=1S/C24H32N4O3/c1-3-20-6-4-5-7-22(20)26-24(30)18-27(2)17-23(29)25-21-10-8-19(9-11-21)16-28-12-14-31-15-13-28/h4-11H,3,12-18H2,1-2H3,(H,25,29)(H,26,30). The van der Waals surface area contributed by atoms with E-state index in [2.05, 4.69) is 22.5 Å². The van der Waals surface area contributed by atoms with E-state index in [9.17, 15) is 9.59 Å². The summed E-state index contributed by atoms with van der Waals surface area (Å²) >= 11 is 0. The van der Waals surface area contributed by atoms with Crippen LogP contribution in [0.1, 0.15) is 18.1 Å². The average molecular weight is 425 g/mol. The average Bonchev–Trinajstić information content (AvgIpc) is 2.76. The van der Waals surface area contributed by atoms with Crippen LogP contribution in [0, 0.1) is 0 Å². The predicted molar refractivity (Wildman–Crippen MR) is 123 cm³/mol. The molecule has 3 rings (SSSR count). The van der Waals surface area contributed by atoms with Crippen LogP contribution in [0.15, 0.2) is 48.5 Å². The molecule has 0 radical (unpaired) electrons. The number of aryl methyl sites for hydroxylation is 1. The van der Waals surface area contributed by atoms with Crippen molar-refractivity contribution in [1.82, 2.24) is 9.80 Å². The number of para-hydroxylation sites is 1. The molecule has 166 valence electrons. The third kappa shape index (κ3) is 7.47. The second kappa shape index (κ2) is 11.6. The van der Waals surface area contributed by atoms with Gasteiger partial charge < -0.3 is 15.4 Å². The molecule has 2 aromatic rings. The number of benzene rings is 2. The van der Waals surface area contributed by atoms with E-state index in [4.69, 9.17) is 4.74 Å². The maximum absolute atomic E-state index is 12.4. The highest BCUT2D eigenvalue weighted by Gasteiger charge is 2.13. The van der Waals surface area contributed by atoms with Gasteiger partial charge >= 0.3 is 0 Å². The number of ether oxygens (including phenoxy) is 1. The van der Waals surface area contributed by atoms with E-state index in [1.54, 1.807) is 11.9 Å². The molecule has 0 unspecified atom stereocenters. The lowest BCUT2D eigenvalue weighted by molar-refractivity contribution is -0.119. The van der Waals surface area contributed by atoms with Crippen molar-refractivity contribution < 1.29 is 14.3 Å². The van der Waals surface area contributed by atoms with Crippen molar-refractivity contribution in [2.24, 2.45) is 0 Å². The van der Waals surface area contributed by atoms with Crippen molar-refractivity contribution in [3.05, 3.63) is 59.7 Å². The molecule has 31 heavy (non-hydrogen) atoms. The predicted octanol–water partition coefficient (Wildman–Crippen LogP) is 2.59. The maximum atomic E-state index is 12.4.